The summed E-state index contributed by atoms with van der Waals surface area (Å²) in [5.74, 6) is 2.53. The highest BCUT2D eigenvalue weighted by molar-refractivity contribution is 9.10. The molecule has 2 rings (SSSR count). The van der Waals surface area contributed by atoms with Gasteiger partial charge < -0.3 is 5.32 Å². The minimum atomic E-state index is 0.319. The number of nitrogens with one attached hydrogen (secondary N) is 1. The van der Waals surface area contributed by atoms with E-state index in [9.17, 15) is 0 Å². The minimum absolute atomic E-state index is 0.319. The fraction of sp³-hybridized carbons (Fsp3) is 0.538. The molecule has 2 atom stereocenters. The molecule has 0 aromatic heterocycles. The van der Waals surface area contributed by atoms with Crippen LogP contribution < -0.4 is 5.32 Å². The molecular formula is C13H17BrClNS. The molecule has 1 heterocycles. The van der Waals surface area contributed by atoms with Gasteiger partial charge >= 0.3 is 0 Å². The van der Waals surface area contributed by atoms with E-state index in [0.29, 0.717) is 12.1 Å². The fourth-order valence-electron chi connectivity index (χ4n) is 2.17. The van der Waals surface area contributed by atoms with Crippen molar-refractivity contribution in [1.82, 2.24) is 5.32 Å². The van der Waals surface area contributed by atoms with E-state index in [-0.39, 0.29) is 0 Å². The van der Waals surface area contributed by atoms with Gasteiger partial charge in [-0.2, -0.15) is 11.8 Å². The summed E-state index contributed by atoms with van der Waals surface area (Å²) in [4.78, 5) is 0. The van der Waals surface area contributed by atoms with Crippen LogP contribution in [0.1, 0.15) is 31.4 Å². The minimum Gasteiger partial charge on any atom is -0.307 e. The average molecular weight is 335 g/mol. The fourth-order valence-corrected chi connectivity index (χ4v) is 4.09. The van der Waals surface area contributed by atoms with Gasteiger partial charge in [-0.25, -0.2) is 0 Å². The Kier molecular flexibility index (Phi) is 5.22. The molecule has 0 amide bonds. The zero-order chi connectivity index (χ0) is 12.3. The van der Waals surface area contributed by atoms with Crippen LogP contribution in [0.4, 0.5) is 0 Å². The second-order valence-electron chi connectivity index (χ2n) is 4.47. The maximum Gasteiger partial charge on any atom is 0.0464 e. The zero-order valence-electron chi connectivity index (χ0n) is 9.88. The largest absolute Gasteiger partial charge is 0.307 e. The van der Waals surface area contributed by atoms with Crippen LogP contribution in [-0.2, 0) is 0 Å². The van der Waals surface area contributed by atoms with Crippen molar-refractivity contribution in [3.8, 4) is 0 Å². The van der Waals surface area contributed by atoms with E-state index in [0.717, 1.165) is 9.50 Å². The van der Waals surface area contributed by atoms with E-state index in [1.54, 1.807) is 0 Å². The Balaban J connectivity index is 2.00. The van der Waals surface area contributed by atoms with Crippen molar-refractivity contribution in [2.24, 2.45) is 0 Å². The third-order valence-electron chi connectivity index (χ3n) is 3.08. The summed E-state index contributed by atoms with van der Waals surface area (Å²) in [6.07, 6.45) is 2.61. The molecule has 1 aromatic rings. The SMILES string of the molecule is CC(NC1CCCSC1)c1ccc(Br)cc1Cl. The lowest BCUT2D eigenvalue weighted by atomic mass is 10.1. The van der Waals surface area contributed by atoms with Crippen LogP contribution >= 0.6 is 39.3 Å². The number of benzene rings is 1. The number of rotatable bonds is 3. The van der Waals surface area contributed by atoms with E-state index in [4.69, 9.17) is 11.6 Å². The molecule has 1 aromatic carbocycles. The molecule has 0 aliphatic carbocycles. The second-order valence-corrected chi connectivity index (χ2v) is 6.94. The van der Waals surface area contributed by atoms with Crippen molar-refractivity contribution in [3.05, 3.63) is 33.3 Å². The molecule has 0 bridgehead atoms. The van der Waals surface area contributed by atoms with Gasteiger partial charge in [0.15, 0.2) is 0 Å². The van der Waals surface area contributed by atoms with Crippen LogP contribution in [0.25, 0.3) is 0 Å². The van der Waals surface area contributed by atoms with Crippen molar-refractivity contribution in [3.63, 3.8) is 0 Å². The molecule has 94 valence electrons. The van der Waals surface area contributed by atoms with Gasteiger partial charge in [-0.3, -0.25) is 0 Å². The van der Waals surface area contributed by atoms with Crippen molar-refractivity contribution in [2.45, 2.75) is 31.8 Å². The Morgan fingerprint density at radius 3 is 3.00 bits per heavy atom. The molecule has 17 heavy (non-hydrogen) atoms. The van der Waals surface area contributed by atoms with E-state index in [1.165, 1.54) is 29.9 Å². The Hall–Kier alpha value is 0.300. The number of hydrogen-bond acceptors (Lipinski definition) is 2. The smallest absolute Gasteiger partial charge is 0.0464 e. The van der Waals surface area contributed by atoms with Crippen molar-refractivity contribution < 1.29 is 0 Å². The second kappa shape index (κ2) is 6.46. The zero-order valence-corrected chi connectivity index (χ0v) is 13.0. The topological polar surface area (TPSA) is 12.0 Å². The van der Waals surface area contributed by atoms with Gasteiger partial charge in [-0.05, 0) is 43.2 Å². The summed E-state index contributed by atoms with van der Waals surface area (Å²) < 4.78 is 1.03. The van der Waals surface area contributed by atoms with E-state index >= 15 is 0 Å². The average Bonchev–Trinajstić information content (AvgIpc) is 2.30. The summed E-state index contributed by atoms with van der Waals surface area (Å²) in [5.41, 5.74) is 1.19. The highest BCUT2D eigenvalue weighted by Crippen LogP contribution is 2.27. The third-order valence-corrected chi connectivity index (χ3v) is 5.11. The van der Waals surface area contributed by atoms with Gasteiger partial charge in [-0.15, -0.1) is 0 Å². The number of thioether (sulfide) groups is 1. The predicted octanol–water partition coefficient (Wildman–Crippen LogP) is 4.65. The van der Waals surface area contributed by atoms with Gasteiger partial charge in [0.25, 0.3) is 0 Å². The summed E-state index contributed by atoms with van der Waals surface area (Å²) in [6.45, 7) is 2.19. The van der Waals surface area contributed by atoms with Crippen LogP contribution in [0.15, 0.2) is 22.7 Å². The molecule has 1 aliphatic rings. The summed E-state index contributed by atoms with van der Waals surface area (Å²) in [6, 6.07) is 7.06. The number of hydrogen-bond donors (Lipinski definition) is 1. The first-order chi connectivity index (χ1) is 8.16. The lowest BCUT2D eigenvalue weighted by molar-refractivity contribution is 0.453. The van der Waals surface area contributed by atoms with Gasteiger partial charge in [0, 0.05) is 27.3 Å². The monoisotopic (exact) mass is 333 g/mol. The molecule has 2 unspecified atom stereocenters. The third kappa shape index (κ3) is 3.88. The van der Waals surface area contributed by atoms with Crippen LogP contribution in [-0.4, -0.2) is 17.5 Å². The normalized spacial score (nSPS) is 22.4. The van der Waals surface area contributed by atoms with Crippen molar-refractivity contribution in [1.29, 1.82) is 0 Å². The molecule has 0 saturated carbocycles. The first-order valence-electron chi connectivity index (χ1n) is 5.95. The standard InChI is InChI=1S/C13H17BrClNS/c1-9(16-11-3-2-6-17-8-11)12-5-4-10(14)7-13(12)15/h4-5,7,9,11,16H,2-3,6,8H2,1H3. The van der Waals surface area contributed by atoms with Gasteiger partial charge in [0.2, 0.25) is 0 Å². The van der Waals surface area contributed by atoms with Gasteiger partial charge in [0.1, 0.15) is 0 Å². The molecule has 1 aliphatic heterocycles. The van der Waals surface area contributed by atoms with E-state index < -0.39 is 0 Å². The lowest BCUT2D eigenvalue weighted by Gasteiger charge is -2.27. The first-order valence-corrected chi connectivity index (χ1v) is 8.28. The highest BCUT2D eigenvalue weighted by atomic mass is 79.9. The Bertz CT molecular complexity index is 380. The maximum absolute atomic E-state index is 6.27. The molecule has 0 radical (unpaired) electrons. The van der Waals surface area contributed by atoms with E-state index in [1.807, 2.05) is 17.8 Å². The molecule has 4 heteroatoms. The Morgan fingerprint density at radius 1 is 1.53 bits per heavy atom. The summed E-state index contributed by atoms with van der Waals surface area (Å²) >= 11 is 11.7. The number of halogens is 2. The summed E-state index contributed by atoms with van der Waals surface area (Å²) in [7, 11) is 0. The Morgan fingerprint density at radius 2 is 2.35 bits per heavy atom. The van der Waals surface area contributed by atoms with Crippen LogP contribution in [0, 0.1) is 0 Å². The molecule has 1 saturated heterocycles. The molecular weight excluding hydrogens is 318 g/mol. The molecule has 1 fully saturated rings. The van der Waals surface area contributed by atoms with Crippen LogP contribution in [0.5, 0.6) is 0 Å². The maximum atomic E-state index is 6.27. The van der Waals surface area contributed by atoms with Gasteiger partial charge in [-0.1, -0.05) is 33.6 Å². The van der Waals surface area contributed by atoms with Crippen molar-refractivity contribution >= 4 is 39.3 Å². The van der Waals surface area contributed by atoms with Crippen molar-refractivity contribution in [2.75, 3.05) is 11.5 Å². The van der Waals surface area contributed by atoms with Crippen LogP contribution in [0.2, 0.25) is 5.02 Å². The molecule has 1 N–H and O–H groups in total. The first kappa shape index (κ1) is 13.7. The predicted molar refractivity (Wildman–Crippen MR) is 81.0 cm³/mol. The van der Waals surface area contributed by atoms with Gasteiger partial charge in [0.05, 0.1) is 0 Å². The van der Waals surface area contributed by atoms with Crippen LogP contribution in [0.3, 0.4) is 0 Å². The summed E-state index contributed by atoms with van der Waals surface area (Å²) in [5, 5.41) is 4.51. The Labute approximate surface area is 121 Å². The quantitative estimate of drug-likeness (QED) is 0.863. The van der Waals surface area contributed by atoms with E-state index in [2.05, 4.69) is 40.3 Å². The lowest BCUT2D eigenvalue weighted by Crippen LogP contribution is -2.35. The highest BCUT2D eigenvalue weighted by Gasteiger charge is 2.17. The molecule has 0 spiro atoms. The molecule has 1 nitrogen and oxygen atoms in total.